The minimum atomic E-state index is -2.72. The predicted molar refractivity (Wildman–Crippen MR) is 55.9 cm³/mol. The highest BCUT2D eigenvalue weighted by atomic mass is 35.5. The van der Waals surface area contributed by atoms with Crippen LogP contribution >= 0.6 is 11.6 Å². The monoisotopic (exact) mass is 249 g/mol. The van der Waals surface area contributed by atoms with Gasteiger partial charge in [-0.3, -0.25) is 0 Å². The van der Waals surface area contributed by atoms with Gasteiger partial charge in [-0.05, 0) is 30.5 Å². The first kappa shape index (κ1) is 10.9. The molecule has 0 amide bonds. The smallest absolute Gasteiger partial charge is 0.201 e. The van der Waals surface area contributed by atoms with Crippen molar-refractivity contribution in [2.24, 2.45) is 0 Å². The van der Waals surface area contributed by atoms with E-state index in [4.69, 9.17) is 11.6 Å². The fourth-order valence-electron chi connectivity index (χ4n) is 1.93. The highest BCUT2D eigenvalue weighted by molar-refractivity contribution is 7.70. The molecule has 1 N–H and O–H groups in total. The van der Waals surface area contributed by atoms with Crippen molar-refractivity contribution in [1.29, 1.82) is 0 Å². The van der Waals surface area contributed by atoms with Gasteiger partial charge in [0, 0.05) is 16.6 Å². The van der Waals surface area contributed by atoms with Gasteiger partial charge in [-0.15, -0.1) is 0 Å². The van der Waals surface area contributed by atoms with E-state index in [1.807, 2.05) is 0 Å². The molecule has 82 valence electrons. The molecule has 0 bridgehead atoms. The van der Waals surface area contributed by atoms with Gasteiger partial charge in [0.25, 0.3) is 0 Å². The Morgan fingerprint density at radius 3 is 2.87 bits per heavy atom. The summed E-state index contributed by atoms with van der Waals surface area (Å²) in [6, 6.07) is 2.29. The Balaban J connectivity index is 2.45. The first-order valence-electron chi connectivity index (χ1n) is 4.47. The van der Waals surface area contributed by atoms with Crippen LogP contribution in [0.2, 0.25) is 5.02 Å². The van der Waals surface area contributed by atoms with E-state index in [-0.39, 0.29) is 0 Å². The topological polar surface area (TPSA) is 46.2 Å². The lowest BCUT2D eigenvalue weighted by molar-refractivity contribution is 0.550. The maximum atomic E-state index is 13.5. The Hall–Kier alpha value is -0.650. The molecule has 0 fully saturated rings. The van der Waals surface area contributed by atoms with Crippen molar-refractivity contribution in [2.75, 3.05) is 0 Å². The largest absolute Gasteiger partial charge is 0.215 e. The minimum Gasteiger partial charge on any atom is -0.215 e. The lowest BCUT2D eigenvalue weighted by atomic mass is 10.1. The Morgan fingerprint density at radius 1 is 1.47 bits per heavy atom. The molecule has 1 aromatic rings. The Morgan fingerprint density at radius 2 is 2.20 bits per heavy atom. The molecule has 0 aromatic heterocycles. The molecule has 0 heterocycles. The van der Waals surface area contributed by atoms with Crippen molar-refractivity contribution < 1.29 is 12.8 Å². The summed E-state index contributed by atoms with van der Waals surface area (Å²) < 4.78 is 36.9. The predicted octanol–water partition coefficient (Wildman–Crippen LogP) is 1.58. The fourth-order valence-corrected chi connectivity index (χ4v) is 2.70. The lowest BCUT2D eigenvalue weighted by Gasteiger charge is -2.10. The molecule has 6 heteroatoms. The fraction of sp³-hybridized carbons (Fsp3) is 0.333. The van der Waals surface area contributed by atoms with Crippen LogP contribution in [-0.2, 0) is 17.3 Å². The van der Waals surface area contributed by atoms with Crippen LogP contribution in [0.1, 0.15) is 23.6 Å². The quantitative estimate of drug-likeness (QED) is 0.782. The number of halogens is 2. The average Bonchev–Trinajstić information content (AvgIpc) is 2.56. The molecule has 15 heavy (non-hydrogen) atoms. The van der Waals surface area contributed by atoms with E-state index < -0.39 is 22.7 Å². The van der Waals surface area contributed by atoms with E-state index in [1.54, 1.807) is 0 Å². The van der Waals surface area contributed by atoms with Crippen molar-refractivity contribution in [2.45, 2.75) is 18.9 Å². The van der Waals surface area contributed by atoms with Crippen LogP contribution < -0.4 is 4.72 Å². The van der Waals surface area contributed by atoms with E-state index in [0.29, 0.717) is 29.0 Å². The molecule has 3 nitrogen and oxygen atoms in total. The van der Waals surface area contributed by atoms with Crippen molar-refractivity contribution in [3.8, 4) is 0 Å². The van der Waals surface area contributed by atoms with E-state index in [2.05, 4.69) is 4.72 Å². The summed E-state index contributed by atoms with van der Waals surface area (Å²) >= 11 is 5.90. The molecule has 2 rings (SSSR count). The van der Waals surface area contributed by atoms with Crippen LogP contribution in [0.4, 0.5) is 4.39 Å². The van der Waals surface area contributed by atoms with Gasteiger partial charge in [0.2, 0.25) is 10.9 Å². The molecule has 0 aliphatic heterocycles. The van der Waals surface area contributed by atoms with Gasteiger partial charge in [0.1, 0.15) is 5.82 Å². The summed E-state index contributed by atoms with van der Waals surface area (Å²) in [7, 11) is -2.72. The standard InChI is InChI=1S/C9H9ClFNO2S/c10-6-2-3-7(11)9-5(6)1-4-8(9)12-15(13)14/h2-3,8,15H,1,4H2,(H,12,13,14). The van der Waals surface area contributed by atoms with E-state index >= 15 is 0 Å². The Labute approximate surface area is 93.3 Å². The zero-order valence-electron chi connectivity index (χ0n) is 7.67. The van der Waals surface area contributed by atoms with Crippen LogP contribution in [0.3, 0.4) is 0 Å². The molecule has 1 aliphatic rings. The molecule has 1 aromatic carbocycles. The average molecular weight is 250 g/mol. The number of fused-ring (bicyclic) bond motifs is 1. The van der Waals surface area contributed by atoms with Gasteiger partial charge in [-0.25, -0.2) is 17.5 Å². The highest BCUT2D eigenvalue weighted by Gasteiger charge is 2.27. The van der Waals surface area contributed by atoms with Crippen LogP contribution in [0.5, 0.6) is 0 Å². The Kier molecular flexibility index (Phi) is 2.95. The number of hydrogen-bond donors (Lipinski definition) is 2. The number of benzene rings is 1. The molecule has 0 spiro atoms. The number of thiol groups is 1. The number of hydrogen-bond acceptors (Lipinski definition) is 2. The molecule has 1 aliphatic carbocycles. The molecule has 0 saturated heterocycles. The summed E-state index contributed by atoms with van der Waals surface area (Å²) in [5, 5.41) is 0.497. The molecular formula is C9H9ClFNO2S. The zero-order chi connectivity index (χ0) is 11.0. The first-order chi connectivity index (χ1) is 7.09. The van der Waals surface area contributed by atoms with E-state index in [9.17, 15) is 12.8 Å². The van der Waals surface area contributed by atoms with Gasteiger partial charge < -0.3 is 0 Å². The normalized spacial score (nSPS) is 19.5. The van der Waals surface area contributed by atoms with Crippen molar-refractivity contribution in [3.63, 3.8) is 0 Å². The molecule has 0 saturated carbocycles. The SMILES string of the molecule is O=[SH](=O)NC1CCc2c(Cl)ccc(F)c21. The van der Waals surface area contributed by atoms with Crippen LogP contribution in [-0.4, -0.2) is 8.42 Å². The maximum Gasteiger partial charge on any atom is 0.201 e. The summed E-state index contributed by atoms with van der Waals surface area (Å²) in [5.41, 5.74) is 1.10. The highest BCUT2D eigenvalue weighted by Crippen LogP contribution is 2.37. The van der Waals surface area contributed by atoms with Gasteiger partial charge in [-0.2, -0.15) is 0 Å². The second-order valence-corrected chi connectivity index (χ2v) is 4.58. The third-order valence-corrected chi connectivity index (χ3v) is 3.42. The van der Waals surface area contributed by atoms with Gasteiger partial charge >= 0.3 is 0 Å². The lowest BCUT2D eigenvalue weighted by Crippen LogP contribution is -2.17. The van der Waals surface area contributed by atoms with Gasteiger partial charge in [0.05, 0.1) is 0 Å². The molecular weight excluding hydrogens is 241 g/mol. The second kappa shape index (κ2) is 4.08. The molecule has 1 atom stereocenters. The van der Waals surface area contributed by atoms with E-state index in [1.165, 1.54) is 12.1 Å². The van der Waals surface area contributed by atoms with Crippen LogP contribution in [0, 0.1) is 5.82 Å². The van der Waals surface area contributed by atoms with Crippen molar-refractivity contribution >= 4 is 22.5 Å². The van der Waals surface area contributed by atoms with Crippen LogP contribution in [0.25, 0.3) is 0 Å². The Bertz CT molecular complexity index is 467. The van der Waals surface area contributed by atoms with E-state index in [0.717, 1.165) is 0 Å². The summed E-state index contributed by atoms with van der Waals surface area (Å²) in [4.78, 5) is 0. The summed E-state index contributed by atoms with van der Waals surface area (Å²) in [6.45, 7) is 0. The molecule has 1 unspecified atom stereocenters. The first-order valence-corrected chi connectivity index (χ1v) is 6.02. The third kappa shape index (κ3) is 2.00. The second-order valence-electron chi connectivity index (χ2n) is 3.40. The minimum absolute atomic E-state index is 0.390. The van der Waals surface area contributed by atoms with Gasteiger partial charge in [-0.1, -0.05) is 11.6 Å². The maximum absolute atomic E-state index is 13.5. The van der Waals surface area contributed by atoms with Gasteiger partial charge in [0.15, 0.2) is 0 Å². The van der Waals surface area contributed by atoms with Crippen LogP contribution in [0.15, 0.2) is 12.1 Å². The third-order valence-electron chi connectivity index (χ3n) is 2.54. The number of rotatable bonds is 2. The molecule has 0 radical (unpaired) electrons. The zero-order valence-corrected chi connectivity index (χ0v) is 9.32. The summed E-state index contributed by atoms with van der Waals surface area (Å²) in [6.07, 6.45) is 1.16. The number of nitrogens with one attached hydrogen (secondary N) is 1. The van der Waals surface area contributed by atoms with Crippen molar-refractivity contribution in [3.05, 3.63) is 34.1 Å². The summed E-state index contributed by atoms with van der Waals surface area (Å²) in [5.74, 6) is -0.402. The van der Waals surface area contributed by atoms with Crippen molar-refractivity contribution in [1.82, 2.24) is 4.72 Å².